The molecule has 6 rings (SSSR count). The van der Waals surface area contributed by atoms with Gasteiger partial charge >= 0.3 is 0 Å². The van der Waals surface area contributed by atoms with Gasteiger partial charge in [-0.1, -0.05) is 36.4 Å². The Morgan fingerprint density at radius 2 is 1.27 bits per heavy atom. The maximum absolute atomic E-state index is 12.4. The molecular weight excluding hydrogens is 682 g/mol. The summed E-state index contributed by atoms with van der Waals surface area (Å²) in [5.41, 5.74) is 1.79. The molecule has 2 heterocycles. The van der Waals surface area contributed by atoms with Crippen molar-refractivity contribution in [3.63, 3.8) is 0 Å². The SMILES string of the molecule is O=[N+]([O-])c1ccc(/C=C/c2ccc(-n3nc4c(Br)cc5nn(-c6ccccc6)nc5c4n3)cc2S(=O)(=O)O)c(S(=O)(=O)O)c1. The number of rotatable bonds is 7. The van der Waals surface area contributed by atoms with Crippen LogP contribution in [0.25, 0.3) is 45.6 Å². The number of aromatic nitrogens is 6. The van der Waals surface area contributed by atoms with Gasteiger partial charge in [0.05, 0.1) is 16.3 Å². The number of hydrogen-bond acceptors (Lipinski definition) is 10. The summed E-state index contributed by atoms with van der Waals surface area (Å²) < 4.78 is 68.6. The van der Waals surface area contributed by atoms with Crippen LogP contribution >= 0.6 is 15.9 Å². The van der Waals surface area contributed by atoms with Crippen LogP contribution < -0.4 is 0 Å². The highest BCUT2D eigenvalue weighted by Crippen LogP contribution is 2.30. The van der Waals surface area contributed by atoms with Gasteiger partial charge in [0.25, 0.3) is 25.9 Å². The zero-order valence-corrected chi connectivity index (χ0v) is 25.0. The number of para-hydroxylation sites is 1. The first-order valence-electron chi connectivity index (χ1n) is 12.2. The van der Waals surface area contributed by atoms with Crippen molar-refractivity contribution in [3.8, 4) is 11.4 Å². The van der Waals surface area contributed by atoms with Gasteiger partial charge in [-0.25, -0.2) is 0 Å². The summed E-state index contributed by atoms with van der Waals surface area (Å²) in [6.45, 7) is 0. The molecule has 0 spiro atoms. The van der Waals surface area contributed by atoms with Gasteiger partial charge in [0, 0.05) is 16.6 Å². The van der Waals surface area contributed by atoms with Gasteiger partial charge in [-0.05, 0) is 63.5 Å². The van der Waals surface area contributed by atoms with Crippen LogP contribution in [0.2, 0.25) is 0 Å². The van der Waals surface area contributed by atoms with Crippen LogP contribution in [0.3, 0.4) is 0 Å². The Kier molecular flexibility index (Phi) is 7.09. The smallest absolute Gasteiger partial charge is 0.282 e. The van der Waals surface area contributed by atoms with E-state index in [1.54, 1.807) is 6.07 Å². The van der Waals surface area contributed by atoms with E-state index in [-0.39, 0.29) is 16.8 Å². The highest BCUT2D eigenvalue weighted by atomic mass is 79.9. The zero-order chi connectivity index (χ0) is 31.4. The fraction of sp³-hybridized carbons (Fsp3) is 0. The van der Waals surface area contributed by atoms with Crippen molar-refractivity contribution in [2.45, 2.75) is 9.79 Å². The van der Waals surface area contributed by atoms with Crippen molar-refractivity contribution in [1.29, 1.82) is 0 Å². The molecule has 15 nitrogen and oxygen atoms in total. The third-order valence-electron chi connectivity index (χ3n) is 6.39. The molecule has 4 aromatic carbocycles. The monoisotopic (exact) mass is 697 g/mol. The molecule has 2 N–H and O–H groups in total. The predicted octanol–water partition coefficient (Wildman–Crippen LogP) is 4.49. The Balaban J connectivity index is 1.44. The van der Waals surface area contributed by atoms with Crippen LogP contribution in [0.15, 0.2) is 87.1 Å². The molecule has 0 saturated heterocycles. The van der Waals surface area contributed by atoms with Gasteiger partial charge < -0.3 is 0 Å². The van der Waals surface area contributed by atoms with E-state index in [1.807, 2.05) is 30.3 Å². The van der Waals surface area contributed by atoms with Crippen LogP contribution in [0.1, 0.15) is 11.1 Å². The minimum Gasteiger partial charge on any atom is -0.282 e. The van der Waals surface area contributed by atoms with E-state index in [1.165, 1.54) is 16.9 Å². The second-order valence-electron chi connectivity index (χ2n) is 9.22. The lowest BCUT2D eigenvalue weighted by atomic mass is 10.1. The first-order chi connectivity index (χ1) is 20.8. The van der Waals surface area contributed by atoms with Crippen LogP contribution in [0.4, 0.5) is 5.69 Å². The average Bonchev–Trinajstić information content (AvgIpc) is 3.61. The Labute approximate surface area is 255 Å². The first-order valence-corrected chi connectivity index (χ1v) is 15.9. The molecular formula is C26H16BrN7O8S2. The summed E-state index contributed by atoms with van der Waals surface area (Å²) in [7, 11) is -9.72. The molecule has 0 atom stereocenters. The van der Waals surface area contributed by atoms with E-state index in [2.05, 4.69) is 36.3 Å². The first kappa shape index (κ1) is 29.2. The van der Waals surface area contributed by atoms with Crippen molar-refractivity contribution in [1.82, 2.24) is 30.0 Å². The van der Waals surface area contributed by atoms with Crippen LogP contribution in [-0.2, 0) is 20.2 Å². The summed E-state index contributed by atoms with van der Waals surface area (Å²) in [6.07, 6.45) is 2.29. The Morgan fingerprint density at radius 1 is 0.705 bits per heavy atom. The van der Waals surface area contributed by atoms with Gasteiger partial charge in [0.2, 0.25) is 0 Å². The molecule has 0 bridgehead atoms. The summed E-state index contributed by atoms with van der Waals surface area (Å²) >= 11 is 3.47. The van der Waals surface area contributed by atoms with Crippen molar-refractivity contribution in [2.75, 3.05) is 0 Å². The van der Waals surface area contributed by atoms with Gasteiger partial charge in [0.1, 0.15) is 31.9 Å². The predicted molar refractivity (Wildman–Crippen MR) is 161 cm³/mol. The number of fused-ring (bicyclic) bond motifs is 3. The number of hydrogen-bond donors (Lipinski definition) is 2. The Morgan fingerprint density at radius 3 is 1.91 bits per heavy atom. The quantitative estimate of drug-likeness (QED) is 0.102. The Hall–Kier alpha value is -4.88. The molecule has 222 valence electrons. The lowest BCUT2D eigenvalue weighted by Crippen LogP contribution is -2.05. The summed E-state index contributed by atoms with van der Waals surface area (Å²) in [5.74, 6) is 0. The highest BCUT2D eigenvalue weighted by molar-refractivity contribution is 9.10. The van der Waals surface area contributed by atoms with Crippen LogP contribution in [-0.4, -0.2) is 60.9 Å². The second-order valence-corrected chi connectivity index (χ2v) is 12.9. The number of halogens is 1. The van der Waals surface area contributed by atoms with Crippen molar-refractivity contribution in [2.24, 2.45) is 0 Å². The lowest BCUT2D eigenvalue weighted by molar-refractivity contribution is -0.385. The number of non-ortho nitro benzene ring substituents is 1. The molecule has 0 aliphatic carbocycles. The van der Waals surface area contributed by atoms with Gasteiger partial charge in [-0.15, -0.1) is 20.4 Å². The van der Waals surface area contributed by atoms with Crippen molar-refractivity contribution < 1.29 is 30.9 Å². The number of benzene rings is 4. The molecule has 2 aromatic heterocycles. The minimum atomic E-state index is -4.88. The number of nitro groups is 1. The molecule has 44 heavy (non-hydrogen) atoms. The molecule has 0 aliphatic heterocycles. The summed E-state index contributed by atoms with van der Waals surface area (Å²) in [5, 5.41) is 29.1. The normalized spacial score (nSPS) is 12.4. The van der Waals surface area contributed by atoms with Gasteiger partial charge in [-0.2, -0.15) is 26.4 Å². The molecule has 6 aromatic rings. The molecule has 18 heteroatoms. The maximum atomic E-state index is 12.4. The van der Waals surface area contributed by atoms with E-state index in [0.717, 1.165) is 40.8 Å². The summed E-state index contributed by atoms with van der Waals surface area (Å²) in [6, 6.07) is 17.6. The minimum absolute atomic E-state index is 0.0676. The number of nitrogens with zero attached hydrogens (tertiary/aromatic N) is 7. The Bertz CT molecular complexity index is 2390. The zero-order valence-electron chi connectivity index (χ0n) is 21.8. The van der Waals surface area contributed by atoms with Crippen molar-refractivity contribution in [3.05, 3.63) is 98.5 Å². The molecule has 0 aliphatic rings. The van der Waals surface area contributed by atoms with Crippen molar-refractivity contribution >= 4 is 76.1 Å². The fourth-order valence-corrected chi connectivity index (χ4v) is 6.27. The molecule has 0 unspecified atom stereocenters. The second kappa shape index (κ2) is 10.7. The summed E-state index contributed by atoms with van der Waals surface area (Å²) in [4.78, 5) is 11.5. The highest BCUT2D eigenvalue weighted by Gasteiger charge is 2.21. The fourth-order valence-electron chi connectivity index (χ4n) is 4.38. The van der Waals surface area contributed by atoms with E-state index < -0.39 is 40.6 Å². The molecule has 0 radical (unpaired) electrons. The van der Waals surface area contributed by atoms with Gasteiger partial charge in [0.15, 0.2) is 0 Å². The molecule has 0 saturated carbocycles. The molecule has 0 fully saturated rings. The van der Waals surface area contributed by atoms with Gasteiger partial charge in [-0.3, -0.25) is 19.2 Å². The van der Waals surface area contributed by atoms with Crippen LogP contribution in [0.5, 0.6) is 0 Å². The van der Waals surface area contributed by atoms with E-state index in [9.17, 15) is 36.1 Å². The van der Waals surface area contributed by atoms with E-state index in [4.69, 9.17) is 0 Å². The third-order valence-corrected chi connectivity index (χ3v) is 8.81. The number of nitro benzene ring substituents is 1. The average molecular weight is 698 g/mol. The third kappa shape index (κ3) is 5.47. The largest absolute Gasteiger partial charge is 0.295 e. The van der Waals surface area contributed by atoms with Crippen LogP contribution in [0, 0.1) is 10.1 Å². The standard InChI is InChI=1S/C26H16BrN7O8S2/c27-20-14-21-25(30-32(28-21)17-4-2-1-3-5-17)26-24(20)29-33(31-26)18-10-8-15(22(12-18)43(37,38)39)6-7-16-9-11-19(34(35)36)13-23(16)44(40,41)42/h1-14H,(H,37,38,39)(H,40,41,42)/b7-6+. The maximum Gasteiger partial charge on any atom is 0.295 e. The molecule has 0 amide bonds. The lowest BCUT2D eigenvalue weighted by Gasteiger charge is -2.07. The van der Waals surface area contributed by atoms with E-state index >= 15 is 0 Å². The van der Waals surface area contributed by atoms with E-state index in [0.29, 0.717) is 32.6 Å². The topological polar surface area (TPSA) is 213 Å².